The Morgan fingerprint density at radius 2 is 2.40 bits per heavy atom. The van der Waals surface area contributed by atoms with Crippen molar-refractivity contribution in [3.05, 3.63) is 12.3 Å². The number of rotatable bonds is 0. The number of hydrogen-bond donors (Lipinski definition) is 1. The van der Waals surface area contributed by atoms with E-state index in [-0.39, 0.29) is 0 Å². The van der Waals surface area contributed by atoms with Gasteiger partial charge in [-0.15, -0.1) is 5.10 Å². The minimum atomic E-state index is 0.352. The third-order valence-corrected chi connectivity index (χ3v) is 1.19. The average Bonchev–Trinajstić information content (AvgIpc) is 2.34. The maximum atomic E-state index is 5.40. The molecule has 0 fully saturated rings. The summed E-state index contributed by atoms with van der Waals surface area (Å²) in [7, 11) is 0. The minimum absolute atomic E-state index is 0.352. The van der Waals surface area contributed by atoms with Gasteiger partial charge in [-0.1, -0.05) is 5.16 Å². The molecule has 5 heteroatoms. The van der Waals surface area contributed by atoms with E-state index in [2.05, 4.69) is 15.4 Å². The summed E-state index contributed by atoms with van der Waals surface area (Å²) in [6.07, 6.45) is 1.54. The fourth-order valence-corrected chi connectivity index (χ4v) is 0.723. The molecule has 0 atom stereocenters. The highest BCUT2D eigenvalue weighted by molar-refractivity contribution is 5.83. The Kier molecular flexibility index (Phi) is 0.858. The van der Waals surface area contributed by atoms with Crippen LogP contribution in [0.4, 0.5) is 5.82 Å². The van der Waals surface area contributed by atoms with Gasteiger partial charge in [0.15, 0.2) is 5.82 Å². The molecule has 2 N–H and O–H groups in total. The average molecular weight is 136 g/mol. The van der Waals surface area contributed by atoms with Crippen molar-refractivity contribution in [2.24, 2.45) is 0 Å². The van der Waals surface area contributed by atoms with Crippen molar-refractivity contribution in [2.75, 3.05) is 5.73 Å². The molecular weight excluding hydrogens is 132 g/mol. The molecule has 5 nitrogen and oxygen atoms in total. The van der Waals surface area contributed by atoms with Crippen LogP contribution in [0.2, 0.25) is 0 Å². The second kappa shape index (κ2) is 1.66. The first-order valence-electron chi connectivity index (χ1n) is 2.70. The Labute approximate surface area is 55.8 Å². The maximum Gasteiger partial charge on any atom is 0.278 e. The van der Waals surface area contributed by atoms with Gasteiger partial charge in [-0.25, -0.2) is 0 Å². The normalized spacial score (nSPS) is 10.4. The van der Waals surface area contributed by atoms with Crippen molar-refractivity contribution < 1.29 is 4.52 Å². The maximum absolute atomic E-state index is 5.40. The fraction of sp³-hybridized carbons (Fsp3) is 0. The van der Waals surface area contributed by atoms with E-state index < -0.39 is 0 Å². The lowest BCUT2D eigenvalue weighted by Crippen LogP contribution is -1.83. The number of hydrogen-bond acceptors (Lipinski definition) is 5. The molecule has 0 saturated carbocycles. The first kappa shape index (κ1) is 5.16. The number of anilines is 1. The monoisotopic (exact) mass is 136 g/mol. The summed E-state index contributed by atoms with van der Waals surface area (Å²) in [6, 6.07) is 1.70. The van der Waals surface area contributed by atoms with Gasteiger partial charge in [0.1, 0.15) is 0 Å². The molecule has 0 aromatic carbocycles. The summed E-state index contributed by atoms with van der Waals surface area (Å²) in [6.45, 7) is 0. The van der Waals surface area contributed by atoms with Crippen molar-refractivity contribution in [3.8, 4) is 0 Å². The van der Waals surface area contributed by atoms with Gasteiger partial charge in [0.2, 0.25) is 0 Å². The molecule has 0 saturated heterocycles. The zero-order valence-electron chi connectivity index (χ0n) is 4.98. The van der Waals surface area contributed by atoms with Gasteiger partial charge >= 0.3 is 0 Å². The molecular formula is C5H4N4O. The number of aromatic nitrogens is 3. The molecule has 0 aliphatic carbocycles. The molecule has 0 aliphatic rings. The van der Waals surface area contributed by atoms with Crippen molar-refractivity contribution >= 4 is 16.9 Å². The zero-order chi connectivity index (χ0) is 6.97. The van der Waals surface area contributed by atoms with Crippen molar-refractivity contribution in [1.82, 2.24) is 15.4 Å². The lowest BCUT2D eigenvalue weighted by molar-refractivity contribution is 0.449. The molecule has 0 spiro atoms. The molecule has 0 bridgehead atoms. The quantitative estimate of drug-likeness (QED) is 0.559. The molecule has 2 heterocycles. The standard InChI is InChI=1S/C5H4N4O/c6-4-3-1-2-7-8-5(3)10-9-4/h1-2H,(H2,6,9). The van der Waals surface area contributed by atoms with Crippen molar-refractivity contribution in [2.45, 2.75) is 0 Å². The summed E-state index contributed by atoms with van der Waals surface area (Å²) < 4.78 is 4.70. The summed E-state index contributed by atoms with van der Waals surface area (Å²) in [4.78, 5) is 0. The molecule has 50 valence electrons. The van der Waals surface area contributed by atoms with Crippen LogP contribution in [-0.4, -0.2) is 15.4 Å². The lowest BCUT2D eigenvalue weighted by Gasteiger charge is -1.80. The Morgan fingerprint density at radius 1 is 1.50 bits per heavy atom. The van der Waals surface area contributed by atoms with Gasteiger partial charge in [-0.05, 0) is 6.07 Å². The highest BCUT2D eigenvalue weighted by atomic mass is 16.5. The Morgan fingerprint density at radius 3 is 3.20 bits per heavy atom. The number of fused-ring (bicyclic) bond motifs is 1. The van der Waals surface area contributed by atoms with Crippen LogP contribution in [0.3, 0.4) is 0 Å². The topological polar surface area (TPSA) is 77.8 Å². The predicted molar refractivity (Wildman–Crippen MR) is 34.0 cm³/mol. The smallest absolute Gasteiger partial charge is 0.278 e. The number of nitrogens with two attached hydrogens (primary N) is 1. The lowest BCUT2D eigenvalue weighted by atomic mass is 10.4. The molecule has 2 rings (SSSR count). The van der Waals surface area contributed by atoms with E-state index in [9.17, 15) is 0 Å². The highest BCUT2D eigenvalue weighted by Crippen LogP contribution is 2.14. The Balaban J connectivity index is 2.93. The van der Waals surface area contributed by atoms with E-state index in [1.807, 2.05) is 0 Å². The third-order valence-electron chi connectivity index (χ3n) is 1.19. The minimum Gasteiger partial charge on any atom is -0.380 e. The van der Waals surface area contributed by atoms with Crippen molar-refractivity contribution in [1.29, 1.82) is 0 Å². The first-order valence-corrected chi connectivity index (χ1v) is 2.70. The van der Waals surface area contributed by atoms with Gasteiger partial charge in [0.25, 0.3) is 5.71 Å². The van der Waals surface area contributed by atoms with Gasteiger partial charge in [-0.3, -0.25) is 0 Å². The van der Waals surface area contributed by atoms with E-state index >= 15 is 0 Å². The molecule has 0 unspecified atom stereocenters. The van der Waals surface area contributed by atoms with Gasteiger partial charge in [-0.2, -0.15) is 5.10 Å². The van der Waals surface area contributed by atoms with Gasteiger partial charge in [0.05, 0.1) is 11.6 Å². The molecule has 0 aliphatic heterocycles. The van der Waals surface area contributed by atoms with Crippen LogP contribution in [0.5, 0.6) is 0 Å². The second-order valence-corrected chi connectivity index (χ2v) is 1.82. The molecule has 2 aromatic heterocycles. The Hall–Kier alpha value is -1.65. The molecule has 0 amide bonds. The fourth-order valence-electron chi connectivity index (χ4n) is 0.723. The second-order valence-electron chi connectivity index (χ2n) is 1.82. The molecule has 0 radical (unpaired) electrons. The molecule has 2 aromatic rings. The predicted octanol–water partition coefficient (Wildman–Crippen LogP) is 0.200. The largest absolute Gasteiger partial charge is 0.380 e. The van der Waals surface area contributed by atoms with Crippen LogP contribution in [-0.2, 0) is 0 Å². The van der Waals surface area contributed by atoms with Gasteiger partial charge < -0.3 is 10.3 Å². The van der Waals surface area contributed by atoms with Crippen LogP contribution >= 0.6 is 0 Å². The highest BCUT2D eigenvalue weighted by Gasteiger charge is 2.02. The zero-order valence-corrected chi connectivity index (χ0v) is 4.98. The Bertz CT molecular complexity index is 355. The van der Waals surface area contributed by atoms with E-state index in [1.165, 1.54) is 6.20 Å². The molecule has 10 heavy (non-hydrogen) atoms. The van der Waals surface area contributed by atoms with Crippen LogP contribution in [0.15, 0.2) is 16.8 Å². The third kappa shape index (κ3) is 0.540. The SMILES string of the molecule is Nc1noc2nnccc12. The van der Waals surface area contributed by atoms with E-state index in [0.29, 0.717) is 16.9 Å². The van der Waals surface area contributed by atoms with Crippen LogP contribution < -0.4 is 5.73 Å². The van der Waals surface area contributed by atoms with Crippen LogP contribution in [0.25, 0.3) is 11.1 Å². The van der Waals surface area contributed by atoms with E-state index in [4.69, 9.17) is 10.3 Å². The number of nitrogens with zero attached hydrogens (tertiary/aromatic N) is 3. The van der Waals surface area contributed by atoms with E-state index in [0.717, 1.165) is 0 Å². The summed E-state index contributed by atoms with van der Waals surface area (Å²) in [5.74, 6) is 0.352. The number of nitrogen functional groups attached to an aromatic ring is 1. The van der Waals surface area contributed by atoms with Crippen molar-refractivity contribution in [3.63, 3.8) is 0 Å². The first-order chi connectivity index (χ1) is 4.88. The van der Waals surface area contributed by atoms with Gasteiger partial charge in [0, 0.05) is 0 Å². The van der Waals surface area contributed by atoms with Crippen LogP contribution in [0.1, 0.15) is 0 Å². The summed E-state index contributed by atoms with van der Waals surface area (Å²) in [5, 5.41) is 11.4. The summed E-state index contributed by atoms with van der Waals surface area (Å²) in [5.41, 5.74) is 5.78. The summed E-state index contributed by atoms with van der Waals surface area (Å²) >= 11 is 0. The van der Waals surface area contributed by atoms with E-state index in [1.54, 1.807) is 6.07 Å². The van der Waals surface area contributed by atoms with Crippen LogP contribution in [0, 0.1) is 0 Å².